The van der Waals surface area contributed by atoms with Gasteiger partial charge in [0.1, 0.15) is 6.04 Å². The van der Waals surface area contributed by atoms with Crippen LogP contribution in [0.4, 0.5) is 0 Å². The van der Waals surface area contributed by atoms with Crippen LogP contribution in [0.5, 0.6) is 0 Å². The van der Waals surface area contributed by atoms with Gasteiger partial charge in [-0.15, -0.1) is 0 Å². The van der Waals surface area contributed by atoms with E-state index in [0.717, 1.165) is 53.7 Å². The number of hydrogen-bond donors (Lipinski definition) is 2. The average Bonchev–Trinajstić information content (AvgIpc) is 3.20. The molecule has 4 nitrogen and oxygen atoms in total. The normalized spacial score (nSPS) is 14.1. The Morgan fingerprint density at radius 2 is 1.41 bits per heavy atom. The molecule has 1 atom stereocenters. The van der Waals surface area contributed by atoms with Crippen molar-refractivity contribution in [3.8, 4) is 11.1 Å². The summed E-state index contributed by atoms with van der Waals surface area (Å²) in [5.74, 6) is -0.702. The van der Waals surface area contributed by atoms with E-state index in [4.69, 9.17) is 0 Å². The molecule has 1 aliphatic rings. The van der Waals surface area contributed by atoms with Gasteiger partial charge in [0.05, 0.1) is 5.92 Å². The van der Waals surface area contributed by atoms with Crippen molar-refractivity contribution in [3.63, 3.8) is 0 Å². The van der Waals surface area contributed by atoms with Gasteiger partial charge in [-0.25, -0.2) is 4.79 Å². The minimum Gasteiger partial charge on any atom is -0.480 e. The first-order chi connectivity index (χ1) is 17.8. The van der Waals surface area contributed by atoms with Gasteiger partial charge in [-0.05, 0) is 75.6 Å². The van der Waals surface area contributed by atoms with Gasteiger partial charge >= 0.3 is 5.97 Å². The molecule has 3 rings (SSSR count). The van der Waals surface area contributed by atoms with Crippen molar-refractivity contribution >= 4 is 23.6 Å². The molecule has 0 spiro atoms. The molecule has 2 aromatic rings. The number of hydrogen-bond acceptors (Lipinski definition) is 3. The van der Waals surface area contributed by atoms with Crippen LogP contribution in [0, 0.1) is 0 Å². The highest BCUT2D eigenvalue weighted by atomic mass is 32.2. The number of benzene rings is 2. The smallest absolute Gasteiger partial charge is 0.327 e. The fraction of sp³-hybridized carbons (Fsp3) is 0.375. The Labute approximate surface area is 226 Å². The lowest BCUT2D eigenvalue weighted by atomic mass is 9.96. The SMILES string of the molecule is CC(C)=CCC/C(C)=C/CC/C(C)=C/CSC[C@H](NC(=O)C1c2ccccc2-c2ccccc21)C(=O)O. The molecule has 0 saturated carbocycles. The molecule has 0 radical (unpaired) electrons. The fourth-order valence-electron chi connectivity index (χ4n) is 4.59. The number of carbonyl (C=O) groups excluding carboxylic acids is 1. The highest BCUT2D eigenvalue weighted by molar-refractivity contribution is 7.99. The summed E-state index contributed by atoms with van der Waals surface area (Å²) in [6, 6.07) is 14.8. The molecule has 1 amide bonds. The van der Waals surface area contributed by atoms with Crippen LogP contribution in [0.1, 0.15) is 70.4 Å². The number of rotatable bonds is 13. The minimum absolute atomic E-state index is 0.260. The molecule has 1 aliphatic carbocycles. The van der Waals surface area contributed by atoms with E-state index in [1.54, 1.807) is 0 Å². The van der Waals surface area contributed by atoms with Crippen molar-refractivity contribution in [3.05, 3.63) is 94.6 Å². The number of nitrogens with one attached hydrogen (secondary N) is 1. The molecule has 0 heterocycles. The monoisotopic (exact) mass is 517 g/mol. The molecule has 0 aliphatic heterocycles. The van der Waals surface area contributed by atoms with Crippen LogP contribution in [0.3, 0.4) is 0 Å². The molecule has 0 saturated heterocycles. The van der Waals surface area contributed by atoms with E-state index in [9.17, 15) is 14.7 Å². The summed E-state index contributed by atoms with van der Waals surface area (Å²) in [6.45, 7) is 8.58. The zero-order valence-corrected chi connectivity index (χ0v) is 23.2. The number of aliphatic carboxylic acids is 1. The Morgan fingerprint density at radius 3 is 1.97 bits per heavy atom. The van der Waals surface area contributed by atoms with Crippen molar-refractivity contribution in [1.29, 1.82) is 0 Å². The zero-order chi connectivity index (χ0) is 26.8. The van der Waals surface area contributed by atoms with E-state index >= 15 is 0 Å². The Bertz CT molecular complexity index is 1140. The van der Waals surface area contributed by atoms with E-state index in [2.05, 4.69) is 51.2 Å². The predicted molar refractivity (Wildman–Crippen MR) is 156 cm³/mol. The number of carboxylic acid groups (broad SMARTS) is 1. The second-order valence-corrected chi connectivity index (χ2v) is 11.1. The molecule has 0 bridgehead atoms. The van der Waals surface area contributed by atoms with Crippen LogP contribution in [0.2, 0.25) is 0 Å². The highest BCUT2D eigenvalue weighted by Crippen LogP contribution is 2.44. The number of thioether (sulfide) groups is 1. The number of carbonyl (C=O) groups is 2. The van der Waals surface area contributed by atoms with Crippen LogP contribution in [0.25, 0.3) is 11.1 Å². The van der Waals surface area contributed by atoms with Crippen LogP contribution in [0.15, 0.2) is 83.5 Å². The molecular formula is C32H39NO3S. The second-order valence-electron chi connectivity index (χ2n) is 10.0. The zero-order valence-electron chi connectivity index (χ0n) is 22.4. The van der Waals surface area contributed by atoms with E-state index in [1.807, 2.05) is 48.5 Å². The van der Waals surface area contributed by atoms with Gasteiger partial charge in [-0.3, -0.25) is 4.79 Å². The molecule has 5 heteroatoms. The summed E-state index contributed by atoms with van der Waals surface area (Å²) in [7, 11) is 0. The van der Waals surface area contributed by atoms with E-state index in [0.29, 0.717) is 5.75 Å². The third kappa shape index (κ3) is 8.22. The molecular weight excluding hydrogens is 478 g/mol. The maximum absolute atomic E-state index is 13.3. The molecule has 0 fully saturated rings. The largest absolute Gasteiger partial charge is 0.480 e. The van der Waals surface area contributed by atoms with Gasteiger partial charge in [0.15, 0.2) is 0 Å². The summed E-state index contributed by atoms with van der Waals surface area (Å²) in [6.07, 6.45) is 11.0. The summed E-state index contributed by atoms with van der Waals surface area (Å²) >= 11 is 1.53. The molecule has 0 aromatic heterocycles. The quantitative estimate of drug-likeness (QED) is 0.213. The van der Waals surface area contributed by atoms with Gasteiger partial charge in [0.25, 0.3) is 0 Å². The number of fused-ring (bicyclic) bond motifs is 3. The second kappa shape index (κ2) is 14.0. The summed E-state index contributed by atoms with van der Waals surface area (Å²) in [4.78, 5) is 25.2. The minimum atomic E-state index is -1.00. The Hall–Kier alpha value is -3.05. The first kappa shape index (κ1) is 28.5. The third-order valence-corrected chi connectivity index (χ3v) is 7.64. The van der Waals surface area contributed by atoms with Gasteiger partial charge in [0, 0.05) is 11.5 Å². The Morgan fingerprint density at radius 1 is 0.865 bits per heavy atom. The average molecular weight is 518 g/mol. The van der Waals surface area contributed by atoms with Gasteiger partial charge in [-0.2, -0.15) is 11.8 Å². The Kier molecular flexibility index (Phi) is 10.8. The van der Waals surface area contributed by atoms with E-state index in [1.165, 1.54) is 28.5 Å². The summed E-state index contributed by atoms with van der Waals surface area (Å²) < 4.78 is 0. The van der Waals surface area contributed by atoms with Crippen molar-refractivity contribution < 1.29 is 14.7 Å². The maximum atomic E-state index is 13.3. The lowest BCUT2D eigenvalue weighted by Crippen LogP contribution is -2.44. The maximum Gasteiger partial charge on any atom is 0.327 e. The highest BCUT2D eigenvalue weighted by Gasteiger charge is 2.35. The molecule has 196 valence electrons. The van der Waals surface area contributed by atoms with Crippen molar-refractivity contribution in [2.45, 2.75) is 65.3 Å². The van der Waals surface area contributed by atoms with Crippen molar-refractivity contribution in [1.82, 2.24) is 5.32 Å². The molecule has 37 heavy (non-hydrogen) atoms. The number of amides is 1. The number of allylic oxidation sites excluding steroid dienone is 5. The van der Waals surface area contributed by atoms with Crippen molar-refractivity contribution in [2.24, 2.45) is 0 Å². The van der Waals surface area contributed by atoms with Crippen LogP contribution < -0.4 is 5.32 Å². The van der Waals surface area contributed by atoms with Crippen LogP contribution in [-0.2, 0) is 9.59 Å². The lowest BCUT2D eigenvalue weighted by molar-refractivity contribution is -0.141. The molecule has 2 N–H and O–H groups in total. The number of carboxylic acids is 1. The topological polar surface area (TPSA) is 66.4 Å². The van der Waals surface area contributed by atoms with Crippen LogP contribution >= 0.6 is 11.8 Å². The molecule has 2 aromatic carbocycles. The Balaban J connectivity index is 1.50. The van der Waals surface area contributed by atoms with E-state index < -0.39 is 17.9 Å². The van der Waals surface area contributed by atoms with Gasteiger partial charge < -0.3 is 10.4 Å². The fourth-order valence-corrected chi connectivity index (χ4v) is 5.59. The third-order valence-electron chi connectivity index (χ3n) is 6.67. The summed E-state index contributed by atoms with van der Waals surface area (Å²) in [5, 5.41) is 12.6. The predicted octanol–water partition coefficient (Wildman–Crippen LogP) is 7.52. The first-order valence-corrected chi connectivity index (χ1v) is 14.2. The van der Waals surface area contributed by atoms with Gasteiger partial charge in [0.2, 0.25) is 5.91 Å². The van der Waals surface area contributed by atoms with Gasteiger partial charge in [-0.1, -0.05) is 83.5 Å². The standard InChI is InChI=1S/C32H39NO3S/c1-22(2)11-9-12-23(3)13-10-14-24(4)19-20-37-21-29(32(35)36)33-31(34)30-27-17-7-5-15-25(27)26-16-6-8-18-28(26)30/h5-8,11,13,15-19,29-30H,9-10,12,14,20-21H2,1-4H3,(H,33,34)(H,35,36)/b23-13+,24-19+/t29-/m0/s1. The summed E-state index contributed by atoms with van der Waals surface area (Å²) in [5.41, 5.74) is 8.03. The van der Waals surface area contributed by atoms with E-state index in [-0.39, 0.29) is 5.91 Å². The first-order valence-electron chi connectivity index (χ1n) is 13.0. The lowest BCUT2D eigenvalue weighted by Gasteiger charge is -2.18. The van der Waals surface area contributed by atoms with Crippen molar-refractivity contribution in [2.75, 3.05) is 11.5 Å². The van der Waals surface area contributed by atoms with Crippen LogP contribution in [-0.4, -0.2) is 34.5 Å². The molecule has 0 unspecified atom stereocenters.